The first-order valence-electron chi connectivity index (χ1n) is 10.7. The Morgan fingerprint density at radius 2 is 1.78 bits per heavy atom. The molecule has 2 fully saturated rings. The molecule has 0 radical (unpaired) electrons. The monoisotopic (exact) mass is 372 g/mol. The fourth-order valence-electron chi connectivity index (χ4n) is 5.02. The van der Waals surface area contributed by atoms with Crippen LogP contribution in [0.2, 0.25) is 0 Å². The van der Waals surface area contributed by atoms with E-state index in [4.69, 9.17) is 4.74 Å². The molecule has 1 saturated carbocycles. The van der Waals surface area contributed by atoms with Crippen LogP contribution in [0.15, 0.2) is 30.3 Å². The van der Waals surface area contributed by atoms with E-state index in [0.29, 0.717) is 6.42 Å². The van der Waals surface area contributed by atoms with Crippen LogP contribution >= 0.6 is 0 Å². The maximum Gasteiger partial charge on any atom is 0.220 e. The Hall–Kier alpha value is -1.39. The van der Waals surface area contributed by atoms with E-state index in [1.54, 1.807) is 7.11 Å². The van der Waals surface area contributed by atoms with Crippen molar-refractivity contribution in [2.75, 3.05) is 33.4 Å². The quantitative estimate of drug-likeness (QED) is 0.695. The third-order valence-corrected chi connectivity index (χ3v) is 6.76. The highest BCUT2D eigenvalue weighted by Gasteiger charge is 2.37. The van der Waals surface area contributed by atoms with E-state index in [1.165, 1.54) is 31.2 Å². The fourth-order valence-corrected chi connectivity index (χ4v) is 5.02. The maximum atomic E-state index is 12.8. The molecule has 1 aliphatic carbocycles. The largest absolute Gasteiger partial charge is 0.384 e. The van der Waals surface area contributed by atoms with Crippen molar-refractivity contribution in [3.8, 4) is 0 Å². The Labute approximate surface area is 164 Å². The van der Waals surface area contributed by atoms with Crippen molar-refractivity contribution < 1.29 is 9.53 Å². The SMILES string of the molecule is COCC1(CNC(=O)CC2(CCc3ccccc3)CCCC2)CCNCC1. The zero-order valence-corrected chi connectivity index (χ0v) is 16.9. The van der Waals surface area contributed by atoms with Gasteiger partial charge >= 0.3 is 0 Å². The van der Waals surface area contributed by atoms with Crippen molar-refractivity contribution in [2.24, 2.45) is 10.8 Å². The zero-order valence-electron chi connectivity index (χ0n) is 16.9. The lowest BCUT2D eigenvalue weighted by Gasteiger charge is -2.37. The molecule has 0 bridgehead atoms. The van der Waals surface area contributed by atoms with E-state index in [0.717, 1.165) is 51.9 Å². The number of hydrogen-bond donors (Lipinski definition) is 2. The van der Waals surface area contributed by atoms with Crippen LogP contribution in [-0.2, 0) is 16.0 Å². The van der Waals surface area contributed by atoms with Gasteiger partial charge in [0.15, 0.2) is 0 Å². The van der Waals surface area contributed by atoms with Gasteiger partial charge in [0.25, 0.3) is 0 Å². The molecule has 150 valence electrons. The standard InChI is InChI=1S/C23H36N2O2/c1-27-19-23(13-15-24-16-14-23)18-25-21(26)17-22(10-5-6-11-22)12-9-20-7-3-2-4-8-20/h2-4,7-8,24H,5-6,9-19H2,1H3,(H,25,26). The molecule has 1 aromatic rings. The number of nitrogens with one attached hydrogen (secondary N) is 2. The third kappa shape index (κ3) is 5.79. The van der Waals surface area contributed by atoms with Crippen molar-refractivity contribution in [3.05, 3.63) is 35.9 Å². The summed E-state index contributed by atoms with van der Waals surface area (Å²) in [6.07, 6.45) is 9.94. The Bertz CT molecular complexity index is 570. The Kier molecular flexibility index (Phi) is 7.31. The number of aryl methyl sites for hydroxylation is 1. The molecule has 0 spiro atoms. The second kappa shape index (κ2) is 9.70. The number of methoxy groups -OCH3 is 1. The highest BCUT2D eigenvalue weighted by Crippen LogP contribution is 2.44. The minimum Gasteiger partial charge on any atom is -0.384 e. The highest BCUT2D eigenvalue weighted by atomic mass is 16.5. The molecule has 1 aliphatic heterocycles. The summed E-state index contributed by atoms with van der Waals surface area (Å²) in [5.74, 6) is 0.235. The summed E-state index contributed by atoms with van der Waals surface area (Å²) in [5.41, 5.74) is 1.68. The number of benzene rings is 1. The van der Waals surface area contributed by atoms with Crippen molar-refractivity contribution >= 4 is 5.91 Å². The molecular formula is C23H36N2O2. The predicted molar refractivity (Wildman–Crippen MR) is 110 cm³/mol. The van der Waals surface area contributed by atoms with Gasteiger partial charge in [-0.2, -0.15) is 0 Å². The van der Waals surface area contributed by atoms with Crippen molar-refractivity contribution in [1.29, 1.82) is 0 Å². The molecule has 2 aliphatic rings. The van der Waals surface area contributed by atoms with Gasteiger partial charge in [-0.3, -0.25) is 4.79 Å². The number of carbonyl (C=O) groups is 1. The van der Waals surface area contributed by atoms with Gasteiger partial charge in [-0.25, -0.2) is 0 Å². The van der Waals surface area contributed by atoms with E-state index >= 15 is 0 Å². The van der Waals surface area contributed by atoms with E-state index in [-0.39, 0.29) is 16.7 Å². The van der Waals surface area contributed by atoms with Gasteiger partial charge in [0.05, 0.1) is 6.61 Å². The summed E-state index contributed by atoms with van der Waals surface area (Å²) in [6, 6.07) is 10.7. The second-order valence-electron chi connectivity index (χ2n) is 8.83. The number of carbonyl (C=O) groups excluding carboxylic acids is 1. The summed E-state index contributed by atoms with van der Waals surface area (Å²) in [4.78, 5) is 12.8. The van der Waals surface area contributed by atoms with Crippen LogP contribution in [0.3, 0.4) is 0 Å². The summed E-state index contributed by atoms with van der Waals surface area (Å²) < 4.78 is 5.48. The van der Waals surface area contributed by atoms with Gasteiger partial charge in [-0.15, -0.1) is 0 Å². The van der Waals surface area contributed by atoms with Crippen molar-refractivity contribution in [2.45, 2.75) is 57.8 Å². The number of rotatable bonds is 9. The average molecular weight is 373 g/mol. The lowest BCUT2D eigenvalue weighted by atomic mass is 9.76. The van der Waals surface area contributed by atoms with Crippen LogP contribution in [-0.4, -0.2) is 39.3 Å². The molecule has 1 heterocycles. The number of ether oxygens (including phenoxy) is 1. The van der Waals surface area contributed by atoms with Crippen LogP contribution in [0.5, 0.6) is 0 Å². The molecule has 0 aromatic heterocycles. The summed E-state index contributed by atoms with van der Waals surface area (Å²) >= 11 is 0. The first-order valence-corrected chi connectivity index (χ1v) is 10.7. The average Bonchev–Trinajstić information content (AvgIpc) is 3.15. The molecule has 1 aromatic carbocycles. The van der Waals surface area contributed by atoms with Crippen LogP contribution in [0, 0.1) is 10.8 Å². The molecule has 1 amide bonds. The van der Waals surface area contributed by atoms with Gasteiger partial charge in [-0.05, 0) is 62.6 Å². The van der Waals surface area contributed by atoms with E-state index in [2.05, 4.69) is 41.0 Å². The Balaban J connectivity index is 1.53. The van der Waals surface area contributed by atoms with Crippen LogP contribution in [0.25, 0.3) is 0 Å². The van der Waals surface area contributed by atoms with Crippen LogP contribution < -0.4 is 10.6 Å². The lowest BCUT2D eigenvalue weighted by molar-refractivity contribution is -0.124. The smallest absolute Gasteiger partial charge is 0.220 e. The van der Waals surface area contributed by atoms with E-state index in [9.17, 15) is 4.79 Å². The summed E-state index contributed by atoms with van der Waals surface area (Å²) in [7, 11) is 1.77. The Morgan fingerprint density at radius 3 is 2.44 bits per heavy atom. The maximum absolute atomic E-state index is 12.8. The number of amides is 1. The fraction of sp³-hybridized carbons (Fsp3) is 0.696. The minimum absolute atomic E-state index is 0.0997. The highest BCUT2D eigenvalue weighted by molar-refractivity contribution is 5.76. The molecule has 2 N–H and O–H groups in total. The van der Waals surface area contributed by atoms with Crippen molar-refractivity contribution in [3.63, 3.8) is 0 Å². The topological polar surface area (TPSA) is 50.4 Å². The van der Waals surface area contributed by atoms with Gasteiger partial charge in [0, 0.05) is 25.5 Å². The van der Waals surface area contributed by atoms with Crippen LogP contribution in [0.4, 0.5) is 0 Å². The van der Waals surface area contributed by atoms with Crippen molar-refractivity contribution in [1.82, 2.24) is 10.6 Å². The second-order valence-corrected chi connectivity index (χ2v) is 8.83. The molecule has 4 heteroatoms. The number of piperidine rings is 1. The van der Waals surface area contributed by atoms with Gasteiger partial charge in [0.1, 0.15) is 0 Å². The summed E-state index contributed by atoms with van der Waals surface area (Å²) in [5, 5.41) is 6.70. The first kappa shape index (κ1) is 20.3. The van der Waals surface area contributed by atoms with Gasteiger partial charge in [0.2, 0.25) is 5.91 Å². The zero-order chi connectivity index (χ0) is 19.0. The molecular weight excluding hydrogens is 336 g/mol. The molecule has 27 heavy (non-hydrogen) atoms. The van der Waals surface area contributed by atoms with Gasteiger partial charge < -0.3 is 15.4 Å². The minimum atomic E-state index is 0.0997. The molecule has 4 nitrogen and oxygen atoms in total. The van der Waals surface area contributed by atoms with Gasteiger partial charge in [-0.1, -0.05) is 43.2 Å². The van der Waals surface area contributed by atoms with E-state index < -0.39 is 0 Å². The predicted octanol–water partition coefficient (Wildman–Crippen LogP) is 3.70. The normalized spacial score (nSPS) is 21.1. The lowest BCUT2D eigenvalue weighted by Crippen LogP contribution is -2.47. The molecule has 0 atom stereocenters. The molecule has 1 saturated heterocycles. The van der Waals surface area contributed by atoms with Crippen LogP contribution in [0.1, 0.15) is 56.9 Å². The number of hydrogen-bond acceptors (Lipinski definition) is 3. The summed E-state index contributed by atoms with van der Waals surface area (Å²) in [6.45, 7) is 3.50. The Morgan fingerprint density at radius 1 is 1.07 bits per heavy atom. The molecule has 0 unspecified atom stereocenters. The molecule has 3 rings (SSSR count). The van der Waals surface area contributed by atoms with E-state index in [1.807, 2.05) is 0 Å². The third-order valence-electron chi connectivity index (χ3n) is 6.76. The first-order chi connectivity index (χ1) is 13.2.